The zero-order valence-electron chi connectivity index (χ0n) is 10.9. The molecule has 1 saturated carbocycles. The number of hydrogen-bond acceptors (Lipinski definition) is 6. The van der Waals surface area contributed by atoms with Crippen molar-refractivity contribution in [1.82, 2.24) is 19.5 Å². The number of aliphatic hydroxyl groups excluding tert-OH is 1. The first kappa shape index (κ1) is 11.7. The largest absolute Gasteiger partial charge is 0.389 e. The SMILES string of the molecule is Nc1nc(NC2CC2)c2ncn([C@@H]3C=C[C@H](O)C3)c2n1. The van der Waals surface area contributed by atoms with E-state index in [0.29, 0.717) is 23.9 Å². The van der Waals surface area contributed by atoms with Gasteiger partial charge in [0.25, 0.3) is 0 Å². The summed E-state index contributed by atoms with van der Waals surface area (Å²) in [5.74, 6) is 0.946. The Hall–Kier alpha value is -2.15. The third-order valence-electron chi connectivity index (χ3n) is 3.75. The first-order valence-electron chi connectivity index (χ1n) is 6.83. The normalized spacial score (nSPS) is 25.4. The molecule has 2 aromatic rings. The summed E-state index contributed by atoms with van der Waals surface area (Å²) in [4.78, 5) is 13.0. The lowest BCUT2D eigenvalue weighted by atomic mass is 10.2. The lowest BCUT2D eigenvalue weighted by molar-refractivity contribution is 0.211. The van der Waals surface area contributed by atoms with E-state index in [2.05, 4.69) is 20.3 Å². The number of nitrogens with zero attached hydrogens (tertiary/aromatic N) is 4. The number of fused-ring (bicyclic) bond motifs is 1. The van der Waals surface area contributed by atoms with Crippen molar-refractivity contribution in [3.63, 3.8) is 0 Å². The second kappa shape index (κ2) is 4.17. The third kappa shape index (κ3) is 1.90. The molecule has 0 aromatic carbocycles. The third-order valence-corrected chi connectivity index (χ3v) is 3.75. The summed E-state index contributed by atoms with van der Waals surface area (Å²) in [7, 11) is 0. The number of allylic oxidation sites excluding steroid dienone is 1. The molecule has 2 aromatic heterocycles. The monoisotopic (exact) mass is 272 g/mol. The molecule has 0 saturated heterocycles. The van der Waals surface area contributed by atoms with Crippen LogP contribution >= 0.6 is 0 Å². The Morgan fingerprint density at radius 2 is 2.15 bits per heavy atom. The van der Waals surface area contributed by atoms with Crippen molar-refractivity contribution >= 4 is 22.9 Å². The molecule has 2 atom stereocenters. The van der Waals surface area contributed by atoms with Gasteiger partial charge in [-0.2, -0.15) is 9.97 Å². The molecule has 0 radical (unpaired) electrons. The molecule has 1 fully saturated rings. The van der Waals surface area contributed by atoms with Crippen LogP contribution in [0, 0.1) is 0 Å². The van der Waals surface area contributed by atoms with Crippen molar-refractivity contribution in [1.29, 1.82) is 0 Å². The highest BCUT2D eigenvalue weighted by Crippen LogP contribution is 2.31. The molecule has 0 amide bonds. The van der Waals surface area contributed by atoms with Crippen molar-refractivity contribution in [2.24, 2.45) is 0 Å². The molecule has 4 N–H and O–H groups in total. The summed E-state index contributed by atoms with van der Waals surface area (Å²) in [5.41, 5.74) is 7.25. The molecular formula is C13H16N6O. The number of rotatable bonds is 3. The Morgan fingerprint density at radius 3 is 2.85 bits per heavy atom. The molecule has 0 spiro atoms. The van der Waals surface area contributed by atoms with E-state index >= 15 is 0 Å². The first-order valence-corrected chi connectivity index (χ1v) is 6.83. The van der Waals surface area contributed by atoms with E-state index in [1.54, 1.807) is 12.4 Å². The fraction of sp³-hybridized carbons (Fsp3) is 0.462. The lowest BCUT2D eigenvalue weighted by Gasteiger charge is -2.12. The minimum absolute atomic E-state index is 0.0677. The van der Waals surface area contributed by atoms with Gasteiger partial charge in [-0.15, -0.1) is 0 Å². The van der Waals surface area contributed by atoms with E-state index in [4.69, 9.17) is 5.73 Å². The highest BCUT2D eigenvalue weighted by Gasteiger charge is 2.25. The van der Waals surface area contributed by atoms with Crippen LogP contribution in [0.4, 0.5) is 11.8 Å². The van der Waals surface area contributed by atoms with Gasteiger partial charge in [0.1, 0.15) is 0 Å². The molecular weight excluding hydrogens is 256 g/mol. The van der Waals surface area contributed by atoms with Crippen molar-refractivity contribution in [3.8, 4) is 0 Å². The van der Waals surface area contributed by atoms with Gasteiger partial charge in [0.15, 0.2) is 17.0 Å². The summed E-state index contributed by atoms with van der Waals surface area (Å²) in [6, 6.07) is 0.545. The highest BCUT2D eigenvalue weighted by atomic mass is 16.3. The summed E-state index contributed by atoms with van der Waals surface area (Å²) in [5, 5.41) is 13.0. The van der Waals surface area contributed by atoms with E-state index in [0.717, 1.165) is 18.4 Å². The quantitative estimate of drug-likeness (QED) is 0.716. The Labute approximate surface area is 115 Å². The number of nitrogens with one attached hydrogen (secondary N) is 1. The maximum Gasteiger partial charge on any atom is 0.224 e. The Morgan fingerprint density at radius 1 is 1.30 bits per heavy atom. The summed E-state index contributed by atoms with van der Waals surface area (Å²) in [6.07, 6.45) is 8.06. The van der Waals surface area contributed by atoms with Gasteiger partial charge in [-0.25, -0.2) is 4.98 Å². The molecule has 0 bridgehead atoms. The van der Waals surface area contributed by atoms with Crippen molar-refractivity contribution in [2.75, 3.05) is 11.1 Å². The number of aromatic nitrogens is 4. The van der Waals surface area contributed by atoms with E-state index in [-0.39, 0.29) is 12.0 Å². The van der Waals surface area contributed by atoms with Crippen LogP contribution in [0.1, 0.15) is 25.3 Å². The van der Waals surface area contributed by atoms with E-state index in [9.17, 15) is 5.11 Å². The predicted molar refractivity (Wildman–Crippen MR) is 75.2 cm³/mol. The smallest absolute Gasteiger partial charge is 0.224 e. The van der Waals surface area contributed by atoms with Crippen LogP contribution in [0.5, 0.6) is 0 Å². The first-order chi connectivity index (χ1) is 9.70. The maximum absolute atomic E-state index is 9.62. The molecule has 0 aliphatic heterocycles. The van der Waals surface area contributed by atoms with Crippen LogP contribution in [0.2, 0.25) is 0 Å². The number of aliphatic hydroxyl groups is 1. The van der Waals surface area contributed by atoms with Crippen molar-refractivity contribution < 1.29 is 5.11 Å². The van der Waals surface area contributed by atoms with Crippen molar-refractivity contribution in [2.45, 2.75) is 37.5 Å². The summed E-state index contributed by atoms with van der Waals surface area (Å²) >= 11 is 0. The molecule has 20 heavy (non-hydrogen) atoms. The molecule has 2 aliphatic carbocycles. The van der Waals surface area contributed by atoms with Crippen molar-refractivity contribution in [3.05, 3.63) is 18.5 Å². The van der Waals surface area contributed by atoms with Gasteiger partial charge < -0.3 is 20.7 Å². The number of anilines is 2. The minimum atomic E-state index is -0.402. The molecule has 7 nitrogen and oxygen atoms in total. The van der Waals surface area contributed by atoms with E-state index < -0.39 is 6.10 Å². The topological polar surface area (TPSA) is 102 Å². The van der Waals surface area contributed by atoms with Crippen LogP contribution in [0.3, 0.4) is 0 Å². The Kier molecular flexibility index (Phi) is 2.43. The molecule has 2 aliphatic rings. The maximum atomic E-state index is 9.62. The van der Waals surface area contributed by atoms with E-state index in [1.807, 2.05) is 10.6 Å². The zero-order valence-corrected chi connectivity index (χ0v) is 10.9. The molecule has 104 valence electrons. The Bertz CT molecular complexity index is 689. The standard InChI is InChI=1S/C13H16N6O/c14-13-17-11(16-7-1-2-7)10-12(18-13)19(6-15-10)8-3-4-9(20)5-8/h3-4,6-9,20H,1-2,5H2,(H3,14,16,17,18)/t8-,9+/m1/s1. The van der Waals surface area contributed by atoms with Gasteiger partial charge in [-0.3, -0.25) is 0 Å². The number of imidazole rings is 1. The molecule has 7 heteroatoms. The molecule has 2 heterocycles. The van der Waals surface area contributed by atoms with Gasteiger partial charge in [0.05, 0.1) is 18.5 Å². The van der Waals surface area contributed by atoms with E-state index in [1.165, 1.54) is 0 Å². The fourth-order valence-corrected chi connectivity index (χ4v) is 2.57. The average Bonchev–Trinajstić information content (AvgIpc) is 2.95. The lowest BCUT2D eigenvalue weighted by Crippen LogP contribution is -2.10. The fourth-order valence-electron chi connectivity index (χ4n) is 2.57. The van der Waals surface area contributed by atoms with Gasteiger partial charge in [-0.1, -0.05) is 12.2 Å². The van der Waals surface area contributed by atoms with Gasteiger partial charge in [0.2, 0.25) is 5.95 Å². The summed E-state index contributed by atoms with van der Waals surface area (Å²) < 4.78 is 1.94. The van der Waals surface area contributed by atoms with Crippen LogP contribution < -0.4 is 11.1 Å². The minimum Gasteiger partial charge on any atom is -0.389 e. The molecule has 0 unspecified atom stereocenters. The van der Waals surface area contributed by atoms with Crippen LogP contribution in [0.25, 0.3) is 11.2 Å². The van der Waals surface area contributed by atoms with Gasteiger partial charge in [-0.05, 0) is 12.8 Å². The molecule has 4 rings (SSSR count). The number of nitrogen functional groups attached to an aromatic ring is 1. The highest BCUT2D eigenvalue weighted by molar-refractivity contribution is 5.84. The number of nitrogens with two attached hydrogens (primary N) is 1. The second-order valence-electron chi connectivity index (χ2n) is 5.43. The zero-order chi connectivity index (χ0) is 13.7. The Balaban J connectivity index is 1.79. The second-order valence-corrected chi connectivity index (χ2v) is 5.43. The van der Waals surface area contributed by atoms with Crippen LogP contribution in [-0.2, 0) is 0 Å². The predicted octanol–water partition coefficient (Wildman–Crippen LogP) is 0.845. The van der Waals surface area contributed by atoms with Crippen LogP contribution in [-0.4, -0.2) is 36.8 Å². The summed E-state index contributed by atoms with van der Waals surface area (Å²) in [6.45, 7) is 0. The number of hydrogen-bond donors (Lipinski definition) is 3. The van der Waals surface area contributed by atoms with Gasteiger partial charge >= 0.3 is 0 Å². The van der Waals surface area contributed by atoms with Gasteiger partial charge in [0, 0.05) is 12.5 Å². The van der Waals surface area contributed by atoms with Crippen LogP contribution in [0.15, 0.2) is 18.5 Å². The average molecular weight is 272 g/mol.